The fourth-order valence-corrected chi connectivity index (χ4v) is 6.68. The van der Waals surface area contributed by atoms with Crippen molar-refractivity contribution in [1.29, 1.82) is 0 Å². The lowest BCUT2D eigenvalue weighted by Gasteiger charge is -2.45. The van der Waals surface area contributed by atoms with Crippen LogP contribution in [0.3, 0.4) is 0 Å². The Hall–Kier alpha value is -2.67. The second-order valence-electron chi connectivity index (χ2n) is 11.3. The Morgan fingerprint density at radius 3 is 2.66 bits per heavy atom. The number of hydrogen-bond donors (Lipinski definition) is 1. The lowest BCUT2D eigenvalue weighted by Crippen LogP contribution is -2.51. The van der Waals surface area contributed by atoms with Crippen LogP contribution in [-0.4, -0.2) is 60.8 Å². The zero-order valence-corrected chi connectivity index (χ0v) is 23.2. The zero-order valence-electron chi connectivity index (χ0n) is 23.2. The van der Waals surface area contributed by atoms with Gasteiger partial charge in [0.2, 0.25) is 0 Å². The van der Waals surface area contributed by atoms with Crippen LogP contribution in [-0.2, 0) is 17.7 Å². The predicted octanol–water partition coefficient (Wildman–Crippen LogP) is 5.42. The number of phenolic OH excluding ortho intramolecular Hbond substituents is 1. The third kappa shape index (κ3) is 5.68. The van der Waals surface area contributed by atoms with Crippen LogP contribution in [0, 0.1) is 19.8 Å². The second kappa shape index (κ2) is 12.0. The number of fused-ring (bicyclic) bond motifs is 2. The summed E-state index contributed by atoms with van der Waals surface area (Å²) in [6.07, 6.45) is 7.01. The second-order valence-corrected chi connectivity index (χ2v) is 11.3. The number of benzene rings is 2. The van der Waals surface area contributed by atoms with E-state index in [9.17, 15) is 9.90 Å². The molecule has 1 N–H and O–H groups in total. The molecular weight excluding hydrogens is 476 g/mol. The Kier molecular flexibility index (Phi) is 8.51. The summed E-state index contributed by atoms with van der Waals surface area (Å²) in [6, 6.07) is 12.7. The largest absolute Gasteiger partial charge is 0.507 e. The first kappa shape index (κ1) is 26.9. The molecule has 0 unspecified atom stereocenters. The van der Waals surface area contributed by atoms with Crippen LogP contribution < -0.4 is 5.63 Å². The molecule has 5 rings (SSSR count). The van der Waals surface area contributed by atoms with E-state index in [2.05, 4.69) is 9.80 Å². The summed E-state index contributed by atoms with van der Waals surface area (Å²) >= 11 is 0. The van der Waals surface area contributed by atoms with Crippen molar-refractivity contribution in [2.75, 3.05) is 39.9 Å². The summed E-state index contributed by atoms with van der Waals surface area (Å²) in [4.78, 5) is 18.1. The Morgan fingerprint density at radius 1 is 1.08 bits per heavy atom. The van der Waals surface area contributed by atoms with Gasteiger partial charge in [-0.25, -0.2) is 4.79 Å². The summed E-state index contributed by atoms with van der Waals surface area (Å²) in [5, 5.41) is 12.1. The van der Waals surface area contributed by atoms with Crippen molar-refractivity contribution in [3.63, 3.8) is 0 Å². The Morgan fingerprint density at radius 2 is 1.87 bits per heavy atom. The van der Waals surface area contributed by atoms with Gasteiger partial charge in [0.25, 0.3) is 0 Å². The van der Waals surface area contributed by atoms with Crippen molar-refractivity contribution >= 4 is 11.0 Å². The maximum atomic E-state index is 13.0. The fourth-order valence-electron chi connectivity index (χ4n) is 6.68. The highest BCUT2D eigenvalue weighted by molar-refractivity contribution is 5.86. The van der Waals surface area contributed by atoms with Crippen molar-refractivity contribution in [1.82, 2.24) is 9.80 Å². The average molecular weight is 519 g/mol. The maximum absolute atomic E-state index is 13.0. The Labute approximate surface area is 226 Å². The minimum atomic E-state index is -0.329. The van der Waals surface area contributed by atoms with Crippen molar-refractivity contribution in [2.45, 2.75) is 65.0 Å². The van der Waals surface area contributed by atoms with Gasteiger partial charge in [0.15, 0.2) is 0 Å². The predicted molar refractivity (Wildman–Crippen MR) is 152 cm³/mol. The molecule has 2 saturated heterocycles. The van der Waals surface area contributed by atoms with E-state index in [1.165, 1.54) is 45.2 Å². The molecule has 0 amide bonds. The standard InChI is InChI=1S/C32H42N2O4/c1-22-27-19-26(21-33(16-17-37-3)20-25-12-9-15-34-14-8-7-13-29(25)34)30(35)23(2)31(27)38-32(36)28(22)18-24-10-5-4-6-11-24/h4-6,10-11,19,25,29,35H,7-9,12-18,20-21H2,1-3H3/t25-,29+/m0/s1. The summed E-state index contributed by atoms with van der Waals surface area (Å²) in [5.74, 6) is 0.864. The van der Waals surface area contributed by atoms with Gasteiger partial charge < -0.3 is 19.2 Å². The molecule has 0 radical (unpaired) electrons. The van der Waals surface area contributed by atoms with E-state index >= 15 is 0 Å². The number of aryl methyl sites for hydroxylation is 2. The molecule has 3 heterocycles. The number of aromatic hydroxyl groups is 1. The molecule has 0 aliphatic carbocycles. The molecule has 204 valence electrons. The molecule has 6 heteroatoms. The Balaban J connectivity index is 1.45. The summed E-state index contributed by atoms with van der Waals surface area (Å²) < 4.78 is 11.3. The minimum absolute atomic E-state index is 0.223. The lowest BCUT2D eigenvalue weighted by molar-refractivity contribution is 0.0335. The third-order valence-corrected chi connectivity index (χ3v) is 8.81. The molecule has 0 saturated carbocycles. The van der Waals surface area contributed by atoms with Crippen molar-refractivity contribution in [3.05, 3.63) is 74.6 Å². The van der Waals surface area contributed by atoms with E-state index in [4.69, 9.17) is 9.15 Å². The molecule has 2 aromatic carbocycles. The molecule has 0 spiro atoms. The van der Waals surface area contributed by atoms with Crippen LogP contribution in [0.15, 0.2) is 45.6 Å². The molecule has 3 aromatic rings. The Bertz CT molecular complexity index is 1300. The lowest BCUT2D eigenvalue weighted by atomic mass is 9.83. The van der Waals surface area contributed by atoms with Crippen LogP contribution in [0.2, 0.25) is 0 Å². The van der Waals surface area contributed by atoms with Gasteiger partial charge in [0, 0.05) is 61.3 Å². The molecule has 1 aromatic heterocycles. The number of nitrogens with zero attached hydrogens (tertiary/aromatic N) is 2. The van der Waals surface area contributed by atoms with Crippen LogP contribution in [0.25, 0.3) is 11.0 Å². The van der Waals surface area contributed by atoms with Gasteiger partial charge in [-0.2, -0.15) is 0 Å². The average Bonchev–Trinajstić information content (AvgIpc) is 2.94. The molecule has 2 aliphatic heterocycles. The van der Waals surface area contributed by atoms with Gasteiger partial charge in [-0.3, -0.25) is 4.90 Å². The van der Waals surface area contributed by atoms with E-state index in [1.807, 2.05) is 50.2 Å². The minimum Gasteiger partial charge on any atom is -0.507 e. The van der Waals surface area contributed by atoms with E-state index in [0.717, 1.165) is 35.2 Å². The summed E-state index contributed by atoms with van der Waals surface area (Å²) in [5.41, 5.74) is 4.35. The van der Waals surface area contributed by atoms with E-state index in [1.54, 1.807) is 7.11 Å². The fraction of sp³-hybridized carbons (Fsp3) is 0.531. The maximum Gasteiger partial charge on any atom is 0.340 e. The van der Waals surface area contributed by atoms with Crippen molar-refractivity contribution in [2.24, 2.45) is 5.92 Å². The number of methoxy groups -OCH3 is 1. The van der Waals surface area contributed by atoms with Gasteiger partial charge in [0.1, 0.15) is 11.3 Å². The molecule has 38 heavy (non-hydrogen) atoms. The first-order valence-corrected chi connectivity index (χ1v) is 14.2. The molecule has 2 atom stereocenters. The number of hydrogen-bond acceptors (Lipinski definition) is 6. The molecule has 6 nitrogen and oxygen atoms in total. The van der Waals surface area contributed by atoms with Crippen LogP contribution in [0.1, 0.15) is 59.9 Å². The zero-order chi connectivity index (χ0) is 26.6. The van der Waals surface area contributed by atoms with Crippen molar-refractivity contribution in [3.8, 4) is 5.75 Å². The number of piperidine rings is 2. The SMILES string of the molecule is COCCN(Cc1cc2c(C)c(Cc3ccccc3)c(=O)oc2c(C)c1O)C[C@@H]1CCCN2CCCC[C@H]12. The highest BCUT2D eigenvalue weighted by Gasteiger charge is 2.34. The smallest absolute Gasteiger partial charge is 0.340 e. The number of ether oxygens (including phenoxy) is 1. The quantitative estimate of drug-likeness (QED) is 0.382. The van der Waals surface area contributed by atoms with Gasteiger partial charge >= 0.3 is 5.63 Å². The normalized spacial score (nSPS) is 20.2. The molecule has 2 aliphatic rings. The number of rotatable bonds is 9. The first-order valence-electron chi connectivity index (χ1n) is 14.2. The van der Waals surface area contributed by atoms with Crippen molar-refractivity contribution < 1.29 is 14.3 Å². The van der Waals surface area contributed by atoms with E-state index in [0.29, 0.717) is 48.2 Å². The topological polar surface area (TPSA) is 66.1 Å². The molecular formula is C32H42N2O4. The van der Waals surface area contributed by atoms with Crippen LogP contribution in [0.4, 0.5) is 0 Å². The van der Waals surface area contributed by atoms with Gasteiger partial charge in [-0.1, -0.05) is 36.8 Å². The van der Waals surface area contributed by atoms with Gasteiger partial charge in [0.05, 0.1) is 6.61 Å². The first-order chi connectivity index (χ1) is 18.5. The van der Waals surface area contributed by atoms with Crippen LogP contribution >= 0.6 is 0 Å². The van der Waals surface area contributed by atoms with Gasteiger partial charge in [-0.05, 0) is 75.7 Å². The number of phenols is 1. The molecule has 2 fully saturated rings. The van der Waals surface area contributed by atoms with E-state index in [-0.39, 0.29) is 11.4 Å². The summed E-state index contributed by atoms with van der Waals surface area (Å²) in [6.45, 7) is 9.44. The molecule has 0 bridgehead atoms. The third-order valence-electron chi connectivity index (χ3n) is 8.81. The van der Waals surface area contributed by atoms with Gasteiger partial charge in [-0.15, -0.1) is 0 Å². The van der Waals surface area contributed by atoms with E-state index < -0.39 is 0 Å². The monoisotopic (exact) mass is 518 g/mol. The summed E-state index contributed by atoms with van der Waals surface area (Å²) in [7, 11) is 1.75. The van der Waals surface area contributed by atoms with Crippen LogP contribution in [0.5, 0.6) is 5.75 Å². The highest BCUT2D eigenvalue weighted by atomic mass is 16.5. The highest BCUT2D eigenvalue weighted by Crippen LogP contribution is 2.35.